The van der Waals surface area contributed by atoms with Crippen molar-refractivity contribution in [1.29, 1.82) is 0 Å². The van der Waals surface area contributed by atoms with Crippen molar-refractivity contribution in [1.82, 2.24) is 0 Å². The van der Waals surface area contributed by atoms with Gasteiger partial charge in [-0.1, -0.05) is 54.1 Å². The first kappa shape index (κ1) is 27.4. The molecule has 1 saturated carbocycles. The van der Waals surface area contributed by atoms with Crippen LogP contribution in [0.2, 0.25) is 5.02 Å². The molecule has 0 radical (unpaired) electrons. The van der Waals surface area contributed by atoms with Crippen molar-refractivity contribution in [3.8, 4) is 5.75 Å². The molecule has 39 heavy (non-hydrogen) atoms. The summed E-state index contributed by atoms with van der Waals surface area (Å²) in [7, 11) is 0. The molecule has 5 rings (SSSR count). The fourth-order valence-corrected chi connectivity index (χ4v) is 6.81. The third kappa shape index (κ3) is 5.46. The summed E-state index contributed by atoms with van der Waals surface area (Å²) in [6, 6.07) is 20.7. The minimum Gasteiger partial charge on any atom is -0.493 e. The van der Waals surface area contributed by atoms with Crippen molar-refractivity contribution < 1.29 is 27.8 Å². The molecule has 3 aromatic carbocycles. The van der Waals surface area contributed by atoms with E-state index in [1.165, 1.54) is 23.3 Å². The van der Waals surface area contributed by atoms with E-state index < -0.39 is 23.2 Å². The Morgan fingerprint density at radius 3 is 2.44 bits per heavy atom. The summed E-state index contributed by atoms with van der Waals surface area (Å²) in [6.07, 6.45) is 0.105. The zero-order valence-corrected chi connectivity index (χ0v) is 22.2. The van der Waals surface area contributed by atoms with Crippen LogP contribution in [0.25, 0.3) is 0 Å². The predicted molar refractivity (Wildman–Crippen MR) is 145 cm³/mol. The number of fused-ring (bicyclic) bond motifs is 2. The predicted octanol–water partition coefficient (Wildman–Crippen LogP) is 8.14. The van der Waals surface area contributed by atoms with Gasteiger partial charge in [-0.15, -0.1) is 0 Å². The van der Waals surface area contributed by atoms with E-state index in [9.17, 15) is 23.1 Å². The number of halogens is 4. The largest absolute Gasteiger partial charge is 0.493 e. The van der Waals surface area contributed by atoms with Gasteiger partial charge in [0.25, 0.3) is 0 Å². The van der Waals surface area contributed by atoms with Crippen LogP contribution in [-0.2, 0) is 22.8 Å². The highest BCUT2D eigenvalue weighted by atomic mass is 35.5. The van der Waals surface area contributed by atoms with Gasteiger partial charge in [0.1, 0.15) is 11.3 Å². The third-order valence-corrected chi connectivity index (χ3v) is 8.80. The van der Waals surface area contributed by atoms with Gasteiger partial charge in [-0.05, 0) is 97.7 Å². The SMILES string of the molecule is O=C(O)C1(Nc2cccc(Cl)c2)CCC2(CC1)c1ccccc1CC2CCCOc1ccccc1C(F)(F)F. The number of ether oxygens (including phenoxy) is 1. The Labute approximate surface area is 231 Å². The molecule has 0 saturated heterocycles. The third-order valence-electron chi connectivity index (χ3n) is 8.56. The lowest BCUT2D eigenvalue weighted by Crippen LogP contribution is -2.53. The lowest BCUT2D eigenvalue weighted by atomic mass is 9.60. The van der Waals surface area contributed by atoms with Crippen LogP contribution in [0.5, 0.6) is 5.75 Å². The van der Waals surface area contributed by atoms with Crippen LogP contribution >= 0.6 is 11.6 Å². The van der Waals surface area contributed by atoms with E-state index in [0.717, 1.165) is 18.9 Å². The summed E-state index contributed by atoms with van der Waals surface area (Å²) in [5.74, 6) is -0.767. The number of anilines is 1. The number of benzene rings is 3. The first-order valence-corrected chi connectivity index (χ1v) is 13.7. The first-order chi connectivity index (χ1) is 18.6. The highest BCUT2D eigenvalue weighted by Crippen LogP contribution is 2.55. The molecule has 0 amide bonds. The molecule has 1 atom stereocenters. The number of aliphatic carboxylic acids is 1. The lowest BCUT2D eigenvalue weighted by Gasteiger charge is -2.47. The van der Waals surface area contributed by atoms with Crippen molar-refractivity contribution in [3.63, 3.8) is 0 Å². The summed E-state index contributed by atoms with van der Waals surface area (Å²) in [4.78, 5) is 12.5. The number of carboxylic acid groups (broad SMARTS) is 1. The zero-order valence-electron chi connectivity index (χ0n) is 21.4. The van der Waals surface area contributed by atoms with Gasteiger partial charge in [0, 0.05) is 10.7 Å². The van der Waals surface area contributed by atoms with Crippen LogP contribution in [0, 0.1) is 5.92 Å². The van der Waals surface area contributed by atoms with E-state index in [0.29, 0.717) is 42.8 Å². The Balaban J connectivity index is 1.30. The second-order valence-corrected chi connectivity index (χ2v) is 11.2. The van der Waals surface area contributed by atoms with Gasteiger partial charge in [-0.3, -0.25) is 0 Å². The van der Waals surface area contributed by atoms with Crippen LogP contribution in [0.4, 0.5) is 18.9 Å². The molecule has 0 aromatic heterocycles. The van der Waals surface area contributed by atoms with Crippen molar-refractivity contribution in [2.45, 2.75) is 62.1 Å². The molecule has 1 fully saturated rings. The number of hydrogen-bond donors (Lipinski definition) is 2. The maximum atomic E-state index is 13.3. The monoisotopic (exact) mass is 557 g/mol. The van der Waals surface area contributed by atoms with Crippen molar-refractivity contribution >= 4 is 23.3 Å². The second kappa shape index (κ2) is 10.8. The highest BCUT2D eigenvalue weighted by molar-refractivity contribution is 6.30. The summed E-state index contributed by atoms with van der Waals surface area (Å²) in [5, 5.41) is 14.1. The molecule has 2 aliphatic carbocycles. The van der Waals surface area contributed by atoms with E-state index in [2.05, 4.69) is 17.4 Å². The molecular weight excluding hydrogens is 527 g/mol. The molecule has 3 aromatic rings. The minimum atomic E-state index is -4.47. The van der Waals surface area contributed by atoms with Crippen molar-refractivity contribution in [2.75, 3.05) is 11.9 Å². The molecule has 0 heterocycles. The fraction of sp³-hybridized carbons (Fsp3) is 0.387. The van der Waals surface area contributed by atoms with Gasteiger partial charge < -0.3 is 15.2 Å². The Bertz CT molecular complexity index is 1330. The van der Waals surface area contributed by atoms with Gasteiger partial charge in [-0.25, -0.2) is 4.79 Å². The molecule has 2 aliphatic rings. The summed E-state index contributed by atoms with van der Waals surface area (Å²) < 4.78 is 45.6. The standard InChI is InChI=1S/C31H31ClF3NO3/c32-23-9-5-10-24(20-23)36-30(28(37)38)16-14-29(15-17-30)22(19-21-7-1-2-11-25(21)29)8-6-18-39-27-13-4-3-12-26(27)31(33,34)35/h1-5,7,9-13,20,22,36H,6,8,14-19H2,(H,37,38). The van der Waals surface area contributed by atoms with Crippen LogP contribution < -0.4 is 10.1 Å². The summed E-state index contributed by atoms with van der Waals surface area (Å²) >= 11 is 6.14. The van der Waals surface area contributed by atoms with Gasteiger partial charge >= 0.3 is 12.1 Å². The molecule has 0 aliphatic heterocycles. The number of para-hydroxylation sites is 1. The Morgan fingerprint density at radius 2 is 1.72 bits per heavy atom. The number of carbonyl (C=O) groups is 1. The number of hydrogen-bond acceptors (Lipinski definition) is 3. The zero-order chi connectivity index (χ0) is 27.7. The quantitative estimate of drug-likeness (QED) is 0.274. The van der Waals surface area contributed by atoms with Gasteiger partial charge in [-0.2, -0.15) is 13.2 Å². The molecule has 1 spiro atoms. The average Bonchev–Trinajstić information content (AvgIpc) is 3.20. The molecular formula is C31H31ClF3NO3. The molecule has 2 N–H and O–H groups in total. The molecule has 1 unspecified atom stereocenters. The van der Waals surface area contributed by atoms with Crippen LogP contribution in [-0.4, -0.2) is 23.2 Å². The van der Waals surface area contributed by atoms with Crippen LogP contribution in [0.1, 0.15) is 55.2 Å². The highest BCUT2D eigenvalue weighted by Gasteiger charge is 2.53. The smallest absolute Gasteiger partial charge is 0.419 e. The second-order valence-electron chi connectivity index (χ2n) is 10.7. The molecule has 206 valence electrons. The van der Waals surface area contributed by atoms with Crippen molar-refractivity contribution in [2.24, 2.45) is 5.92 Å². The number of alkyl halides is 3. The van der Waals surface area contributed by atoms with Crippen LogP contribution in [0.15, 0.2) is 72.8 Å². The van der Waals surface area contributed by atoms with E-state index in [4.69, 9.17) is 16.3 Å². The topological polar surface area (TPSA) is 58.6 Å². The van der Waals surface area contributed by atoms with Crippen LogP contribution in [0.3, 0.4) is 0 Å². The molecule has 0 bridgehead atoms. The maximum Gasteiger partial charge on any atom is 0.419 e. The first-order valence-electron chi connectivity index (χ1n) is 13.3. The molecule has 4 nitrogen and oxygen atoms in total. The average molecular weight is 558 g/mol. The molecule has 8 heteroatoms. The summed E-state index contributed by atoms with van der Waals surface area (Å²) in [6.45, 7) is 0.186. The number of rotatable bonds is 8. The Kier molecular flexibility index (Phi) is 7.55. The normalized spacial score (nSPS) is 24.4. The maximum absolute atomic E-state index is 13.3. The van der Waals surface area contributed by atoms with E-state index in [1.807, 2.05) is 18.2 Å². The number of carboxylic acids is 1. The Hall–Kier alpha value is -3.19. The van der Waals surface area contributed by atoms with Gasteiger partial charge in [0.05, 0.1) is 12.2 Å². The van der Waals surface area contributed by atoms with Gasteiger partial charge in [0.15, 0.2) is 0 Å². The minimum absolute atomic E-state index is 0.148. The lowest BCUT2D eigenvalue weighted by molar-refractivity contribution is -0.144. The van der Waals surface area contributed by atoms with E-state index >= 15 is 0 Å². The number of nitrogens with one attached hydrogen (secondary N) is 1. The van der Waals surface area contributed by atoms with Crippen molar-refractivity contribution in [3.05, 3.63) is 94.5 Å². The van der Waals surface area contributed by atoms with E-state index in [1.54, 1.807) is 24.3 Å². The fourth-order valence-electron chi connectivity index (χ4n) is 6.62. The summed E-state index contributed by atoms with van der Waals surface area (Å²) in [5.41, 5.74) is 1.20. The van der Waals surface area contributed by atoms with E-state index in [-0.39, 0.29) is 23.7 Å². The Morgan fingerprint density at radius 1 is 1.00 bits per heavy atom. The van der Waals surface area contributed by atoms with Gasteiger partial charge in [0.2, 0.25) is 0 Å².